The third-order valence-corrected chi connectivity index (χ3v) is 14.6. The molecule has 0 amide bonds. The number of unbranched alkanes of at least 4 members (excludes halogenated alkanes) is 33. The lowest BCUT2D eigenvalue weighted by Gasteiger charge is -2.26. The van der Waals surface area contributed by atoms with Crippen molar-refractivity contribution in [1.29, 1.82) is 0 Å². The summed E-state index contributed by atoms with van der Waals surface area (Å²) in [5.74, 6) is -2.31. The van der Waals surface area contributed by atoms with Crippen LogP contribution in [0.3, 0.4) is 0 Å². The van der Waals surface area contributed by atoms with E-state index in [9.17, 15) is 19.5 Å². The number of allylic oxidation sites excluding steroid dienone is 14. The van der Waals surface area contributed by atoms with E-state index in [0.29, 0.717) is 17.4 Å². The van der Waals surface area contributed by atoms with Gasteiger partial charge in [0.1, 0.15) is 13.2 Å². The molecule has 0 heterocycles. The number of ether oxygens (including phenoxy) is 4. The van der Waals surface area contributed by atoms with E-state index >= 15 is 0 Å². The maximum absolute atomic E-state index is 12.9. The molecule has 0 aliphatic heterocycles. The van der Waals surface area contributed by atoms with Gasteiger partial charge in [0.2, 0.25) is 0 Å². The molecule has 0 aromatic carbocycles. The molecule has 0 saturated heterocycles. The van der Waals surface area contributed by atoms with Crippen LogP contribution in [0.25, 0.3) is 0 Å². The zero-order chi connectivity index (χ0) is 59.1. The topological polar surface area (TPSA) is 111 Å². The first-order valence-corrected chi connectivity index (χ1v) is 33.7. The van der Waals surface area contributed by atoms with Crippen molar-refractivity contribution in [1.82, 2.24) is 0 Å². The zero-order valence-corrected chi connectivity index (χ0v) is 53.4. The van der Waals surface area contributed by atoms with Crippen LogP contribution in [-0.4, -0.2) is 82.3 Å². The fraction of sp³-hybridized carbons (Fsp3) is 0.764. The number of hydrogen-bond donors (Lipinski definition) is 0. The third kappa shape index (κ3) is 63.9. The van der Waals surface area contributed by atoms with Gasteiger partial charge in [-0.05, 0) is 89.9 Å². The molecule has 2 unspecified atom stereocenters. The molecule has 0 aliphatic carbocycles. The van der Waals surface area contributed by atoms with Crippen molar-refractivity contribution in [2.24, 2.45) is 0 Å². The first-order chi connectivity index (χ1) is 39.6. The Balaban J connectivity index is 3.99. The van der Waals surface area contributed by atoms with Crippen molar-refractivity contribution in [3.63, 3.8) is 0 Å². The summed E-state index contributed by atoms with van der Waals surface area (Å²) in [6.45, 7) is 4.61. The smallest absolute Gasteiger partial charge is 0.306 e. The Bertz CT molecular complexity index is 1600. The van der Waals surface area contributed by atoms with Crippen LogP contribution < -0.4 is 5.11 Å². The largest absolute Gasteiger partial charge is 0.545 e. The van der Waals surface area contributed by atoms with Gasteiger partial charge >= 0.3 is 11.9 Å². The molecule has 0 spiro atoms. The fourth-order valence-corrected chi connectivity index (χ4v) is 9.48. The van der Waals surface area contributed by atoms with E-state index < -0.39 is 24.3 Å². The highest BCUT2D eigenvalue weighted by Gasteiger charge is 2.22. The summed E-state index contributed by atoms with van der Waals surface area (Å²) >= 11 is 0. The Kier molecular flexibility index (Phi) is 59.8. The van der Waals surface area contributed by atoms with E-state index in [0.717, 1.165) is 83.5 Å². The van der Waals surface area contributed by atoms with Gasteiger partial charge in [-0.2, -0.15) is 0 Å². The number of esters is 2. The highest BCUT2D eigenvalue weighted by molar-refractivity contribution is 5.70. The van der Waals surface area contributed by atoms with Gasteiger partial charge < -0.3 is 33.3 Å². The second-order valence-electron chi connectivity index (χ2n) is 23.7. The number of carbonyl (C=O) groups is 3. The quantitative estimate of drug-likeness (QED) is 0.0195. The lowest BCUT2D eigenvalue weighted by Crippen LogP contribution is -2.44. The molecule has 2 atom stereocenters. The van der Waals surface area contributed by atoms with E-state index in [-0.39, 0.29) is 38.6 Å². The minimum Gasteiger partial charge on any atom is -0.545 e. The maximum atomic E-state index is 12.9. The summed E-state index contributed by atoms with van der Waals surface area (Å²) in [4.78, 5) is 37.3. The van der Waals surface area contributed by atoms with Crippen molar-refractivity contribution < 1.29 is 42.9 Å². The van der Waals surface area contributed by atoms with Crippen molar-refractivity contribution in [3.8, 4) is 0 Å². The number of hydrogen-bond acceptors (Lipinski definition) is 8. The van der Waals surface area contributed by atoms with E-state index in [1.54, 1.807) is 0 Å². The molecule has 0 rings (SSSR count). The SMILES string of the molecule is CC/C=C\C/C=C\C/C=C\C/C=C\CCCCCCC(=O)OC(COC(=O)CCCCCCCCCCCCCCCCCCCCCCCCCC/C=C\C/C=C\C/C=C\CCCCCCC)COC(OCC[N+](C)(C)C)C(=O)[O-]. The molecule has 0 saturated carbocycles. The standard InChI is InChI=1S/C72H127NO8/c1-6-8-10-12-14-16-18-20-22-24-25-26-27-28-29-30-31-32-33-34-35-36-37-38-39-40-41-42-43-44-45-47-48-50-52-54-56-58-60-62-69(74)79-66-68(67-80-72(71(76)77)78-65-64-73(3,4)5)81-70(75)63-61-59-57-55-53-51-49-46-23-21-19-17-15-13-11-9-7-2/h9,11,15,17-18,20-21,23-25,27-28,49,51,68,72H,6-8,10,12-14,16,19,22,26,29-48,50,52-67H2,1-5H3/b11-9-,17-15-,20-18-,23-21-,25-24-,28-27-,51-49-. The first-order valence-electron chi connectivity index (χ1n) is 33.7. The molecular formula is C72H127NO8. The minimum atomic E-state index is -1.63. The van der Waals surface area contributed by atoms with Gasteiger partial charge in [0.05, 0.1) is 40.3 Å². The number of rotatable bonds is 62. The molecule has 81 heavy (non-hydrogen) atoms. The van der Waals surface area contributed by atoms with Crippen molar-refractivity contribution in [2.45, 2.75) is 309 Å². The van der Waals surface area contributed by atoms with Crippen LogP contribution >= 0.6 is 0 Å². The number of aliphatic carboxylic acids is 1. The van der Waals surface area contributed by atoms with Crippen LogP contribution in [0.1, 0.15) is 296 Å². The summed E-state index contributed by atoms with van der Waals surface area (Å²) in [6, 6.07) is 0. The van der Waals surface area contributed by atoms with E-state index in [2.05, 4.69) is 98.9 Å². The van der Waals surface area contributed by atoms with Gasteiger partial charge in [-0.25, -0.2) is 0 Å². The average molecular weight is 1130 g/mol. The lowest BCUT2D eigenvalue weighted by atomic mass is 10.0. The monoisotopic (exact) mass is 1130 g/mol. The Hall–Kier alpha value is -3.53. The van der Waals surface area contributed by atoms with Gasteiger partial charge in [-0.1, -0.05) is 279 Å². The third-order valence-electron chi connectivity index (χ3n) is 14.6. The Morgan fingerprint density at radius 1 is 0.383 bits per heavy atom. The predicted molar refractivity (Wildman–Crippen MR) is 343 cm³/mol. The summed E-state index contributed by atoms with van der Waals surface area (Å²) in [7, 11) is 5.92. The van der Waals surface area contributed by atoms with Crippen LogP contribution in [0.5, 0.6) is 0 Å². The Morgan fingerprint density at radius 2 is 0.704 bits per heavy atom. The second-order valence-corrected chi connectivity index (χ2v) is 23.7. The molecule has 0 radical (unpaired) electrons. The lowest BCUT2D eigenvalue weighted by molar-refractivity contribution is -0.870. The van der Waals surface area contributed by atoms with Gasteiger partial charge in [0, 0.05) is 12.8 Å². The molecule has 468 valence electrons. The van der Waals surface area contributed by atoms with Gasteiger partial charge in [0.15, 0.2) is 12.4 Å². The number of nitrogens with zero attached hydrogens (tertiary/aromatic N) is 1. The minimum absolute atomic E-state index is 0.141. The molecular weight excluding hydrogens is 1010 g/mol. The number of carboxylic acid groups (broad SMARTS) is 1. The number of carboxylic acids is 1. The van der Waals surface area contributed by atoms with Crippen LogP contribution in [0.15, 0.2) is 85.1 Å². The summed E-state index contributed by atoms with van der Waals surface area (Å²) in [5.41, 5.74) is 0. The van der Waals surface area contributed by atoms with Gasteiger partial charge in [0.25, 0.3) is 0 Å². The normalized spacial score (nSPS) is 13.2. The molecule has 9 nitrogen and oxygen atoms in total. The molecule has 0 bridgehead atoms. The van der Waals surface area contributed by atoms with Crippen LogP contribution in [0, 0.1) is 0 Å². The molecule has 0 N–H and O–H groups in total. The van der Waals surface area contributed by atoms with Gasteiger partial charge in [-0.15, -0.1) is 0 Å². The van der Waals surface area contributed by atoms with E-state index in [4.69, 9.17) is 18.9 Å². The molecule has 0 aromatic heterocycles. The molecule has 0 aromatic rings. The van der Waals surface area contributed by atoms with Crippen molar-refractivity contribution >= 4 is 17.9 Å². The zero-order valence-electron chi connectivity index (χ0n) is 53.4. The predicted octanol–water partition coefficient (Wildman–Crippen LogP) is 19.4. The second kappa shape index (κ2) is 62.5. The number of likely N-dealkylation sites (N-methyl/N-ethyl adjacent to an activating group) is 1. The van der Waals surface area contributed by atoms with Crippen LogP contribution in [-0.2, 0) is 33.3 Å². The van der Waals surface area contributed by atoms with E-state index in [1.165, 1.54) is 180 Å². The summed E-state index contributed by atoms with van der Waals surface area (Å²) in [5, 5.41) is 11.8. The van der Waals surface area contributed by atoms with Gasteiger partial charge in [-0.3, -0.25) is 9.59 Å². The highest BCUT2D eigenvalue weighted by Crippen LogP contribution is 2.17. The number of carbonyl (C=O) groups excluding carboxylic acids is 3. The van der Waals surface area contributed by atoms with E-state index in [1.807, 2.05) is 21.1 Å². The maximum Gasteiger partial charge on any atom is 0.306 e. The number of quaternary nitrogens is 1. The fourth-order valence-electron chi connectivity index (χ4n) is 9.48. The highest BCUT2D eigenvalue weighted by atomic mass is 16.7. The van der Waals surface area contributed by atoms with Crippen LogP contribution in [0.4, 0.5) is 0 Å². The van der Waals surface area contributed by atoms with Crippen molar-refractivity contribution in [2.75, 3.05) is 47.5 Å². The Morgan fingerprint density at radius 3 is 1.05 bits per heavy atom. The summed E-state index contributed by atoms with van der Waals surface area (Å²) in [6.07, 6.45) is 81.1. The van der Waals surface area contributed by atoms with Crippen LogP contribution in [0.2, 0.25) is 0 Å². The average Bonchev–Trinajstić information content (AvgIpc) is 3.44. The molecule has 0 aliphatic rings. The Labute approximate surface area is 500 Å². The van der Waals surface area contributed by atoms with Crippen molar-refractivity contribution in [3.05, 3.63) is 85.1 Å². The first kappa shape index (κ1) is 77.5. The molecule has 9 heteroatoms. The molecule has 0 fully saturated rings. The summed E-state index contributed by atoms with van der Waals surface area (Å²) < 4.78 is 22.7.